The van der Waals surface area contributed by atoms with E-state index in [-0.39, 0.29) is 6.42 Å². The van der Waals surface area contributed by atoms with Gasteiger partial charge < -0.3 is 14.7 Å². The van der Waals surface area contributed by atoms with Crippen molar-refractivity contribution in [2.75, 3.05) is 31.2 Å². The number of ether oxygens (including phenoxy) is 1. The molecule has 128 valence electrons. The van der Waals surface area contributed by atoms with Crippen molar-refractivity contribution in [2.24, 2.45) is 0 Å². The summed E-state index contributed by atoms with van der Waals surface area (Å²) < 4.78 is 5.43. The highest BCUT2D eigenvalue weighted by molar-refractivity contribution is 5.91. The number of aliphatic carboxylic acids is 1. The van der Waals surface area contributed by atoms with Crippen LogP contribution in [0.4, 0.5) is 5.82 Å². The molecular weight excluding hydrogens is 318 g/mol. The van der Waals surface area contributed by atoms with Crippen molar-refractivity contribution in [3.8, 4) is 0 Å². The smallest absolute Gasteiger partial charge is 0.307 e. The minimum atomic E-state index is -0.814. The third-order valence-electron chi connectivity index (χ3n) is 4.61. The monoisotopic (exact) mass is 337 g/mol. The highest BCUT2D eigenvalue weighted by atomic mass is 16.5. The molecule has 0 bridgehead atoms. The zero-order valence-corrected chi connectivity index (χ0v) is 13.8. The van der Waals surface area contributed by atoms with Gasteiger partial charge in [0.25, 0.3) is 0 Å². The van der Waals surface area contributed by atoms with Crippen LogP contribution >= 0.6 is 0 Å². The lowest BCUT2D eigenvalue weighted by molar-refractivity contribution is -0.136. The number of anilines is 1. The first-order valence-electron chi connectivity index (χ1n) is 8.39. The number of benzene rings is 1. The van der Waals surface area contributed by atoms with Gasteiger partial charge in [0.05, 0.1) is 25.3 Å². The summed E-state index contributed by atoms with van der Waals surface area (Å²) in [6, 6.07) is 7.72. The summed E-state index contributed by atoms with van der Waals surface area (Å²) >= 11 is 0. The van der Waals surface area contributed by atoms with Crippen molar-refractivity contribution in [3.63, 3.8) is 0 Å². The van der Waals surface area contributed by atoms with Crippen LogP contribution in [0.3, 0.4) is 0 Å². The van der Waals surface area contributed by atoms with Crippen molar-refractivity contribution >= 4 is 23.4 Å². The third kappa shape index (κ3) is 3.25. The number of fused-ring (bicyclic) bond motifs is 1. The first-order chi connectivity index (χ1) is 12.2. The van der Waals surface area contributed by atoms with Crippen LogP contribution in [0, 0.1) is 0 Å². The molecule has 0 unspecified atom stereocenters. The first-order valence-corrected chi connectivity index (χ1v) is 8.39. The minimum Gasteiger partial charge on any atom is -0.481 e. The van der Waals surface area contributed by atoms with E-state index in [4.69, 9.17) is 9.84 Å². The molecule has 6 nitrogen and oxygen atoms in total. The number of hydrogen-bond donors (Lipinski definition) is 1. The van der Waals surface area contributed by atoms with Crippen molar-refractivity contribution in [2.45, 2.75) is 12.8 Å². The Labute approximate surface area is 145 Å². The largest absolute Gasteiger partial charge is 0.481 e. The molecule has 6 heteroatoms. The third-order valence-corrected chi connectivity index (χ3v) is 4.61. The number of hydrogen-bond acceptors (Lipinski definition) is 5. The maximum absolute atomic E-state index is 10.8. The SMILES string of the molecule is O=C(O)Cc1ccc(C2=Cc3c(ncnc3N3CCOCC3)C2)cc1. The van der Waals surface area contributed by atoms with Gasteiger partial charge in [0.15, 0.2) is 0 Å². The average Bonchev–Trinajstić information content (AvgIpc) is 3.07. The highest BCUT2D eigenvalue weighted by Gasteiger charge is 2.23. The molecule has 2 aliphatic rings. The van der Waals surface area contributed by atoms with Crippen molar-refractivity contribution in [1.29, 1.82) is 0 Å². The Morgan fingerprint density at radius 1 is 1.16 bits per heavy atom. The van der Waals surface area contributed by atoms with Gasteiger partial charge in [-0.25, -0.2) is 9.97 Å². The molecule has 1 saturated heterocycles. The number of carboxylic acid groups (broad SMARTS) is 1. The normalized spacial score (nSPS) is 16.5. The Hall–Kier alpha value is -2.73. The summed E-state index contributed by atoms with van der Waals surface area (Å²) in [6.45, 7) is 3.13. The van der Waals surface area contributed by atoms with Gasteiger partial charge >= 0.3 is 5.97 Å². The van der Waals surface area contributed by atoms with E-state index in [0.717, 1.165) is 60.9 Å². The van der Waals surface area contributed by atoms with Crippen LogP contribution in [-0.4, -0.2) is 47.3 Å². The fourth-order valence-electron chi connectivity index (χ4n) is 3.34. The molecule has 1 aliphatic carbocycles. The van der Waals surface area contributed by atoms with E-state index >= 15 is 0 Å². The molecule has 0 spiro atoms. The van der Waals surface area contributed by atoms with Gasteiger partial charge in [-0.15, -0.1) is 0 Å². The van der Waals surface area contributed by atoms with E-state index in [1.165, 1.54) is 5.57 Å². The van der Waals surface area contributed by atoms with Gasteiger partial charge in [0.1, 0.15) is 12.1 Å². The molecular formula is C19H19N3O3. The van der Waals surface area contributed by atoms with E-state index in [9.17, 15) is 4.79 Å². The molecule has 1 aliphatic heterocycles. The predicted molar refractivity (Wildman–Crippen MR) is 94.4 cm³/mol. The lowest BCUT2D eigenvalue weighted by atomic mass is 10.0. The molecule has 0 amide bonds. The first kappa shape index (κ1) is 15.8. The van der Waals surface area contributed by atoms with Crippen LogP contribution in [0.2, 0.25) is 0 Å². The minimum absolute atomic E-state index is 0.0478. The van der Waals surface area contributed by atoms with Crippen molar-refractivity contribution in [3.05, 3.63) is 53.0 Å². The second-order valence-electron chi connectivity index (χ2n) is 6.27. The van der Waals surface area contributed by atoms with E-state index < -0.39 is 5.97 Å². The van der Waals surface area contributed by atoms with Crippen LogP contribution in [0.25, 0.3) is 11.6 Å². The Balaban J connectivity index is 1.61. The molecule has 25 heavy (non-hydrogen) atoms. The lowest BCUT2D eigenvalue weighted by Gasteiger charge is -2.28. The Bertz CT molecular complexity index is 824. The number of rotatable bonds is 4. The molecule has 1 aromatic heterocycles. The maximum atomic E-state index is 10.8. The van der Waals surface area contributed by atoms with E-state index in [1.807, 2.05) is 24.3 Å². The lowest BCUT2D eigenvalue weighted by Crippen LogP contribution is -2.37. The molecule has 0 atom stereocenters. The maximum Gasteiger partial charge on any atom is 0.307 e. The summed E-state index contributed by atoms with van der Waals surface area (Å²) in [5.74, 6) is 0.163. The molecule has 1 aromatic carbocycles. The second kappa shape index (κ2) is 6.64. The number of allylic oxidation sites excluding steroid dienone is 1. The molecule has 4 rings (SSSR count). The molecule has 0 radical (unpaired) electrons. The number of aromatic nitrogens is 2. The standard InChI is InChI=1S/C19H19N3O3/c23-18(24)9-13-1-3-14(4-2-13)15-10-16-17(11-15)20-12-21-19(16)22-5-7-25-8-6-22/h1-4,10,12H,5-9,11H2,(H,23,24). The molecule has 2 heterocycles. The van der Waals surface area contributed by atoms with E-state index in [2.05, 4.69) is 20.9 Å². The van der Waals surface area contributed by atoms with E-state index in [1.54, 1.807) is 6.33 Å². The van der Waals surface area contributed by atoms with Crippen LogP contribution in [0.15, 0.2) is 30.6 Å². The fourth-order valence-corrected chi connectivity index (χ4v) is 3.34. The summed E-state index contributed by atoms with van der Waals surface area (Å²) in [5, 5.41) is 8.88. The van der Waals surface area contributed by atoms with Gasteiger partial charge in [-0.05, 0) is 22.8 Å². The fraction of sp³-hybridized carbons (Fsp3) is 0.316. The Morgan fingerprint density at radius 2 is 1.92 bits per heavy atom. The van der Waals surface area contributed by atoms with Crippen molar-refractivity contribution in [1.82, 2.24) is 9.97 Å². The van der Waals surface area contributed by atoms with Crippen LogP contribution in [-0.2, 0) is 22.4 Å². The van der Waals surface area contributed by atoms with Gasteiger partial charge in [-0.1, -0.05) is 24.3 Å². The number of carbonyl (C=O) groups is 1. The summed E-state index contributed by atoms with van der Waals surface area (Å²) in [5.41, 5.74) is 5.23. The van der Waals surface area contributed by atoms with Gasteiger partial charge in [-0.2, -0.15) is 0 Å². The average molecular weight is 337 g/mol. The molecule has 0 saturated carbocycles. The molecule has 1 fully saturated rings. The molecule has 2 aromatic rings. The molecule has 1 N–H and O–H groups in total. The number of carboxylic acids is 1. The summed E-state index contributed by atoms with van der Waals surface area (Å²) in [7, 11) is 0. The summed E-state index contributed by atoms with van der Waals surface area (Å²) in [4.78, 5) is 22.0. The van der Waals surface area contributed by atoms with Gasteiger partial charge in [0, 0.05) is 25.1 Å². The van der Waals surface area contributed by atoms with Gasteiger partial charge in [-0.3, -0.25) is 4.79 Å². The van der Waals surface area contributed by atoms with Crippen LogP contribution < -0.4 is 4.90 Å². The van der Waals surface area contributed by atoms with Crippen LogP contribution in [0.1, 0.15) is 22.4 Å². The highest BCUT2D eigenvalue weighted by Crippen LogP contribution is 2.35. The Kier molecular flexibility index (Phi) is 4.19. The zero-order valence-electron chi connectivity index (χ0n) is 13.8. The predicted octanol–water partition coefficient (Wildman–Crippen LogP) is 2.04. The van der Waals surface area contributed by atoms with Crippen LogP contribution in [0.5, 0.6) is 0 Å². The van der Waals surface area contributed by atoms with Crippen molar-refractivity contribution < 1.29 is 14.6 Å². The Morgan fingerprint density at radius 3 is 2.64 bits per heavy atom. The summed E-state index contributed by atoms with van der Waals surface area (Å²) in [6.07, 6.45) is 4.61. The van der Waals surface area contributed by atoms with Gasteiger partial charge in [0.2, 0.25) is 0 Å². The quantitative estimate of drug-likeness (QED) is 0.920. The topological polar surface area (TPSA) is 75.5 Å². The number of nitrogens with zero attached hydrogens (tertiary/aromatic N) is 3. The second-order valence-corrected chi connectivity index (χ2v) is 6.27. The number of morpholine rings is 1. The van der Waals surface area contributed by atoms with E-state index in [0.29, 0.717) is 0 Å². The zero-order chi connectivity index (χ0) is 17.2.